The minimum atomic E-state index is -0.721. The molecular formula is C15H15ClN2O2. The number of carboxylic acid groups (broad SMARTS) is 1. The number of aromatic nitrogens is 1. The average molecular weight is 291 g/mol. The molecule has 5 heteroatoms. The number of rotatable bonds is 3. The summed E-state index contributed by atoms with van der Waals surface area (Å²) in [5.41, 5.74) is 1.96. The van der Waals surface area contributed by atoms with Crippen molar-refractivity contribution in [1.82, 2.24) is 4.98 Å². The Balaban J connectivity index is 1.85. The van der Waals surface area contributed by atoms with Crippen molar-refractivity contribution in [2.75, 3.05) is 18.0 Å². The maximum Gasteiger partial charge on any atom is 0.306 e. The van der Waals surface area contributed by atoms with E-state index in [0.717, 1.165) is 29.7 Å². The molecule has 3 rings (SSSR count). The number of pyridine rings is 1. The molecule has 1 aliphatic heterocycles. The Labute approximate surface area is 122 Å². The molecule has 0 bridgehead atoms. The van der Waals surface area contributed by atoms with Crippen LogP contribution in [0, 0.1) is 11.8 Å². The summed E-state index contributed by atoms with van der Waals surface area (Å²) in [7, 11) is 0. The molecule has 1 atom stereocenters. The molecule has 0 spiro atoms. The Morgan fingerprint density at radius 2 is 2.20 bits per heavy atom. The van der Waals surface area contributed by atoms with E-state index in [1.54, 1.807) is 13.1 Å². The van der Waals surface area contributed by atoms with Gasteiger partial charge in [-0.25, -0.2) is 0 Å². The smallest absolute Gasteiger partial charge is 0.306 e. The van der Waals surface area contributed by atoms with Crippen LogP contribution in [0.5, 0.6) is 0 Å². The molecule has 2 heterocycles. The highest BCUT2D eigenvalue weighted by Crippen LogP contribution is 2.34. The molecule has 4 nitrogen and oxygen atoms in total. The number of carboxylic acids is 1. The van der Waals surface area contributed by atoms with E-state index in [1.807, 2.05) is 24.3 Å². The summed E-state index contributed by atoms with van der Waals surface area (Å²) in [6, 6.07) is 7.63. The standard InChI is InChI=1S/C15H15ClN2O2/c1-9(15(19)20)10-7-18(8-10)14-4-5-17-13-6-11(16)2-3-12(13)14/h2-6,9-10H,7-8H2,1H3,(H,19,20). The van der Waals surface area contributed by atoms with E-state index in [-0.39, 0.29) is 11.8 Å². The van der Waals surface area contributed by atoms with Gasteiger partial charge in [-0.2, -0.15) is 0 Å². The van der Waals surface area contributed by atoms with Crippen LogP contribution in [0.25, 0.3) is 10.9 Å². The van der Waals surface area contributed by atoms with Crippen LogP contribution in [-0.4, -0.2) is 29.1 Å². The van der Waals surface area contributed by atoms with Crippen molar-refractivity contribution in [2.45, 2.75) is 6.92 Å². The Bertz CT molecular complexity index is 668. The van der Waals surface area contributed by atoms with E-state index in [1.165, 1.54) is 0 Å². The Hall–Kier alpha value is -1.81. The number of carbonyl (C=O) groups is 1. The molecule has 0 amide bonds. The molecule has 1 fully saturated rings. The minimum Gasteiger partial charge on any atom is -0.481 e. The predicted octanol–water partition coefficient (Wildman–Crippen LogP) is 3.05. The monoisotopic (exact) mass is 290 g/mol. The van der Waals surface area contributed by atoms with Gasteiger partial charge in [0.25, 0.3) is 0 Å². The van der Waals surface area contributed by atoms with Crippen LogP contribution < -0.4 is 4.90 Å². The zero-order chi connectivity index (χ0) is 14.3. The van der Waals surface area contributed by atoms with Crippen LogP contribution in [0.3, 0.4) is 0 Å². The summed E-state index contributed by atoms with van der Waals surface area (Å²) in [4.78, 5) is 17.5. The van der Waals surface area contributed by atoms with Crippen molar-refractivity contribution in [3.63, 3.8) is 0 Å². The number of benzene rings is 1. The molecule has 1 aromatic heterocycles. The zero-order valence-corrected chi connectivity index (χ0v) is 11.8. The quantitative estimate of drug-likeness (QED) is 0.944. The fourth-order valence-corrected chi connectivity index (χ4v) is 2.78. The van der Waals surface area contributed by atoms with Crippen molar-refractivity contribution < 1.29 is 9.90 Å². The van der Waals surface area contributed by atoms with Gasteiger partial charge in [0.1, 0.15) is 0 Å². The molecule has 0 aliphatic carbocycles. The van der Waals surface area contributed by atoms with Gasteiger partial charge in [-0.3, -0.25) is 9.78 Å². The molecule has 104 valence electrons. The van der Waals surface area contributed by atoms with Crippen molar-refractivity contribution in [3.8, 4) is 0 Å². The summed E-state index contributed by atoms with van der Waals surface area (Å²) in [6.07, 6.45) is 1.77. The number of hydrogen-bond acceptors (Lipinski definition) is 3. The van der Waals surface area contributed by atoms with Crippen LogP contribution in [0.1, 0.15) is 6.92 Å². The molecule has 0 radical (unpaired) electrons. The Morgan fingerprint density at radius 3 is 2.90 bits per heavy atom. The first-order valence-electron chi connectivity index (χ1n) is 6.58. The number of anilines is 1. The number of hydrogen-bond donors (Lipinski definition) is 1. The van der Waals surface area contributed by atoms with Crippen LogP contribution in [0.15, 0.2) is 30.5 Å². The fourth-order valence-electron chi connectivity index (χ4n) is 2.61. The zero-order valence-electron chi connectivity index (χ0n) is 11.1. The van der Waals surface area contributed by atoms with Gasteiger partial charge in [0.2, 0.25) is 0 Å². The average Bonchev–Trinajstić information content (AvgIpc) is 2.36. The third-order valence-electron chi connectivity index (χ3n) is 4.03. The molecule has 1 aliphatic rings. The highest BCUT2D eigenvalue weighted by Gasteiger charge is 2.35. The Morgan fingerprint density at radius 1 is 1.45 bits per heavy atom. The number of nitrogens with zero attached hydrogens (tertiary/aromatic N) is 2. The van der Waals surface area contributed by atoms with E-state index in [9.17, 15) is 4.79 Å². The van der Waals surface area contributed by atoms with Crippen LogP contribution in [0.4, 0.5) is 5.69 Å². The Kier molecular flexibility index (Phi) is 3.26. The molecule has 20 heavy (non-hydrogen) atoms. The summed E-state index contributed by atoms with van der Waals surface area (Å²) in [5.74, 6) is -0.808. The first-order valence-corrected chi connectivity index (χ1v) is 6.96. The minimum absolute atomic E-state index is 0.211. The van der Waals surface area contributed by atoms with Crippen LogP contribution in [0.2, 0.25) is 5.02 Å². The van der Waals surface area contributed by atoms with Gasteiger partial charge in [0.15, 0.2) is 0 Å². The van der Waals surface area contributed by atoms with Gasteiger partial charge in [0, 0.05) is 41.3 Å². The maximum atomic E-state index is 11.0. The van der Waals surface area contributed by atoms with Crippen LogP contribution >= 0.6 is 11.6 Å². The lowest BCUT2D eigenvalue weighted by atomic mass is 9.86. The van der Waals surface area contributed by atoms with E-state index >= 15 is 0 Å². The van der Waals surface area contributed by atoms with E-state index < -0.39 is 5.97 Å². The molecule has 1 aromatic carbocycles. The molecule has 0 saturated carbocycles. The predicted molar refractivity (Wildman–Crippen MR) is 79.3 cm³/mol. The van der Waals surface area contributed by atoms with Gasteiger partial charge in [0.05, 0.1) is 11.4 Å². The molecule has 1 saturated heterocycles. The molecule has 1 N–H and O–H groups in total. The fraction of sp³-hybridized carbons (Fsp3) is 0.333. The van der Waals surface area contributed by atoms with Crippen molar-refractivity contribution in [3.05, 3.63) is 35.5 Å². The van der Waals surface area contributed by atoms with E-state index in [0.29, 0.717) is 5.02 Å². The lowest BCUT2D eigenvalue weighted by Gasteiger charge is -2.43. The van der Waals surface area contributed by atoms with Crippen molar-refractivity contribution in [1.29, 1.82) is 0 Å². The number of aliphatic carboxylic acids is 1. The van der Waals surface area contributed by atoms with Gasteiger partial charge in [-0.15, -0.1) is 0 Å². The largest absolute Gasteiger partial charge is 0.481 e. The first-order chi connectivity index (χ1) is 9.56. The first kappa shape index (κ1) is 13.2. The van der Waals surface area contributed by atoms with E-state index in [4.69, 9.17) is 16.7 Å². The molecule has 1 unspecified atom stereocenters. The third kappa shape index (κ3) is 2.20. The number of halogens is 1. The topological polar surface area (TPSA) is 53.4 Å². The van der Waals surface area contributed by atoms with Gasteiger partial charge in [-0.05, 0) is 24.3 Å². The van der Waals surface area contributed by atoms with Crippen molar-refractivity contribution >= 4 is 34.2 Å². The summed E-state index contributed by atoms with van der Waals surface area (Å²) in [6.45, 7) is 3.32. The maximum absolute atomic E-state index is 11.0. The van der Waals surface area contributed by atoms with Crippen LogP contribution in [-0.2, 0) is 4.79 Å². The highest BCUT2D eigenvalue weighted by atomic mass is 35.5. The summed E-state index contributed by atoms with van der Waals surface area (Å²) >= 11 is 5.98. The van der Waals surface area contributed by atoms with E-state index in [2.05, 4.69) is 9.88 Å². The second-order valence-electron chi connectivity index (χ2n) is 5.28. The lowest BCUT2D eigenvalue weighted by molar-refractivity contribution is -0.143. The van der Waals surface area contributed by atoms with Gasteiger partial charge in [-0.1, -0.05) is 18.5 Å². The second-order valence-corrected chi connectivity index (χ2v) is 5.72. The van der Waals surface area contributed by atoms with Gasteiger partial charge < -0.3 is 10.0 Å². The second kappa shape index (κ2) is 4.94. The lowest BCUT2D eigenvalue weighted by Crippen LogP contribution is -2.51. The summed E-state index contributed by atoms with van der Waals surface area (Å²) < 4.78 is 0. The highest BCUT2D eigenvalue weighted by molar-refractivity contribution is 6.31. The van der Waals surface area contributed by atoms with Gasteiger partial charge >= 0.3 is 5.97 Å². The number of fused-ring (bicyclic) bond motifs is 1. The third-order valence-corrected chi connectivity index (χ3v) is 4.26. The molecule has 2 aromatic rings. The van der Waals surface area contributed by atoms with Crippen molar-refractivity contribution in [2.24, 2.45) is 11.8 Å². The summed E-state index contributed by atoms with van der Waals surface area (Å²) in [5, 5.41) is 10.8. The normalized spacial score (nSPS) is 17.0. The SMILES string of the molecule is CC(C(=O)O)C1CN(c2ccnc3cc(Cl)ccc23)C1. The molecular weight excluding hydrogens is 276 g/mol.